The largest absolute Gasteiger partial charge is 0.481 e. The molecular weight excluding hydrogens is 266 g/mol. The van der Waals surface area contributed by atoms with Crippen molar-refractivity contribution in [1.82, 2.24) is 10.6 Å². The molecule has 0 aromatic carbocycles. The Morgan fingerprint density at radius 2 is 1.75 bits per heavy atom. The number of unbranched alkanes of at least 4 members (excludes halogenated alkanes) is 2. The molecule has 0 aromatic heterocycles. The first-order valence-electron chi connectivity index (χ1n) is 6.30. The Bertz CT molecular complexity index is 438. The third kappa shape index (κ3) is 4.79. The van der Waals surface area contributed by atoms with Gasteiger partial charge in [0.15, 0.2) is 5.92 Å². The van der Waals surface area contributed by atoms with Crippen molar-refractivity contribution in [2.45, 2.75) is 32.6 Å². The number of nitrogens with zero attached hydrogens (tertiary/aromatic N) is 1. The van der Waals surface area contributed by atoms with E-state index in [0.717, 1.165) is 0 Å². The maximum atomic E-state index is 11.5. The molecule has 0 atom stereocenters. The van der Waals surface area contributed by atoms with E-state index in [9.17, 15) is 19.2 Å². The monoisotopic (exact) mass is 283 g/mol. The zero-order valence-electron chi connectivity index (χ0n) is 11.1. The fourth-order valence-corrected chi connectivity index (χ4v) is 1.81. The molecule has 110 valence electrons. The van der Waals surface area contributed by atoms with Crippen molar-refractivity contribution in [3.63, 3.8) is 0 Å². The molecule has 0 aliphatic carbocycles. The molecule has 0 bridgehead atoms. The topological polar surface area (TPSA) is 125 Å². The van der Waals surface area contributed by atoms with Crippen molar-refractivity contribution in [1.29, 1.82) is 0 Å². The lowest BCUT2D eigenvalue weighted by Gasteiger charge is -2.20. The van der Waals surface area contributed by atoms with Gasteiger partial charge in [0.1, 0.15) is 0 Å². The predicted octanol–water partition coefficient (Wildman–Crippen LogP) is 0.0745. The van der Waals surface area contributed by atoms with Gasteiger partial charge in [-0.25, -0.2) is 4.79 Å². The average Bonchev–Trinajstić information content (AvgIpc) is 2.31. The van der Waals surface area contributed by atoms with Crippen molar-refractivity contribution in [3.05, 3.63) is 0 Å². The number of urea groups is 1. The van der Waals surface area contributed by atoms with Gasteiger partial charge in [-0.15, -0.1) is 0 Å². The van der Waals surface area contributed by atoms with Gasteiger partial charge in [-0.05, 0) is 19.8 Å². The second-order valence-electron chi connectivity index (χ2n) is 4.47. The van der Waals surface area contributed by atoms with Crippen molar-refractivity contribution in [3.8, 4) is 0 Å². The SMILES string of the molecule is C/C(=N\CCCCCC(=O)O)C1C(=O)NC(=O)NC1=O. The molecule has 1 aliphatic heterocycles. The number of hydrogen-bond donors (Lipinski definition) is 3. The Balaban J connectivity index is 2.40. The first-order chi connectivity index (χ1) is 9.41. The van der Waals surface area contributed by atoms with E-state index in [2.05, 4.69) is 4.99 Å². The van der Waals surface area contributed by atoms with Crippen LogP contribution >= 0.6 is 0 Å². The van der Waals surface area contributed by atoms with E-state index in [1.54, 1.807) is 6.92 Å². The summed E-state index contributed by atoms with van der Waals surface area (Å²) in [5.41, 5.74) is 0.339. The van der Waals surface area contributed by atoms with Gasteiger partial charge in [0.25, 0.3) is 0 Å². The number of nitrogens with one attached hydrogen (secondary N) is 2. The summed E-state index contributed by atoms with van der Waals surface area (Å²) >= 11 is 0. The highest BCUT2D eigenvalue weighted by atomic mass is 16.4. The van der Waals surface area contributed by atoms with Crippen LogP contribution < -0.4 is 10.6 Å². The molecule has 1 aliphatic rings. The molecule has 0 unspecified atom stereocenters. The molecule has 8 nitrogen and oxygen atoms in total. The summed E-state index contributed by atoms with van der Waals surface area (Å²) in [6.07, 6.45) is 2.09. The number of barbiturate groups is 1. The Kier molecular flexibility index (Phi) is 5.82. The number of imide groups is 2. The van der Waals surface area contributed by atoms with Crippen molar-refractivity contribution in [2.75, 3.05) is 6.54 Å². The number of carboxylic acids is 1. The lowest BCUT2D eigenvalue weighted by Crippen LogP contribution is -2.57. The van der Waals surface area contributed by atoms with Gasteiger partial charge in [-0.1, -0.05) is 6.42 Å². The van der Waals surface area contributed by atoms with Crippen molar-refractivity contribution < 1.29 is 24.3 Å². The fourth-order valence-electron chi connectivity index (χ4n) is 1.81. The van der Waals surface area contributed by atoms with Gasteiger partial charge < -0.3 is 5.11 Å². The molecule has 20 heavy (non-hydrogen) atoms. The highest BCUT2D eigenvalue weighted by molar-refractivity contribution is 6.27. The molecule has 1 saturated heterocycles. The van der Waals surface area contributed by atoms with Crippen LogP contribution in [0.5, 0.6) is 0 Å². The lowest BCUT2D eigenvalue weighted by molar-refractivity contribution is -0.137. The van der Waals surface area contributed by atoms with Crippen LogP contribution in [0.25, 0.3) is 0 Å². The molecule has 1 rings (SSSR count). The van der Waals surface area contributed by atoms with Crippen LogP contribution in [0.2, 0.25) is 0 Å². The van der Waals surface area contributed by atoms with Gasteiger partial charge in [-0.2, -0.15) is 0 Å². The summed E-state index contributed by atoms with van der Waals surface area (Å²) in [6, 6.07) is -0.822. The number of amides is 4. The maximum Gasteiger partial charge on any atom is 0.328 e. The first-order valence-corrected chi connectivity index (χ1v) is 6.30. The average molecular weight is 283 g/mol. The van der Waals surface area contributed by atoms with Crippen LogP contribution in [0, 0.1) is 5.92 Å². The van der Waals surface area contributed by atoms with E-state index in [-0.39, 0.29) is 6.42 Å². The van der Waals surface area contributed by atoms with Crippen LogP contribution in [0.15, 0.2) is 4.99 Å². The van der Waals surface area contributed by atoms with Crippen molar-refractivity contribution >= 4 is 29.5 Å². The minimum atomic E-state index is -1.08. The van der Waals surface area contributed by atoms with Crippen LogP contribution in [0.4, 0.5) is 4.79 Å². The fraction of sp³-hybridized carbons (Fsp3) is 0.583. The minimum absolute atomic E-state index is 0.123. The Labute approximate surface area is 115 Å². The number of carbonyl (C=O) groups is 4. The molecule has 0 spiro atoms. The Hall–Kier alpha value is -2.25. The summed E-state index contributed by atoms with van der Waals surface area (Å²) in [5.74, 6) is -3.26. The molecule has 3 N–H and O–H groups in total. The van der Waals surface area contributed by atoms with E-state index in [0.29, 0.717) is 31.5 Å². The van der Waals surface area contributed by atoms with Gasteiger partial charge in [0, 0.05) is 18.7 Å². The van der Waals surface area contributed by atoms with Crippen LogP contribution in [-0.4, -0.2) is 41.2 Å². The van der Waals surface area contributed by atoms with E-state index in [1.165, 1.54) is 0 Å². The smallest absolute Gasteiger partial charge is 0.328 e. The molecule has 0 saturated carbocycles. The van der Waals surface area contributed by atoms with Gasteiger partial charge >= 0.3 is 12.0 Å². The quantitative estimate of drug-likeness (QED) is 0.346. The summed E-state index contributed by atoms with van der Waals surface area (Å²) in [4.78, 5) is 48.4. The van der Waals surface area contributed by atoms with Gasteiger partial charge in [0.2, 0.25) is 11.8 Å². The van der Waals surface area contributed by atoms with E-state index in [4.69, 9.17) is 5.11 Å². The molecular formula is C12H17N3O5. The van der Waals surface area contributed by atoms with E-state index < -0.39 is 29.7 Å². The number of aliphatic imine (C=N–C) groups is 1. The molecule has 8 heteroatoms. The van der Waals surface area contributed by atoms with Crippen LogP contribution in [0.1, 0.15) is 32.6 Å². The summed E-state index contributed by atoms with van der Waals surface area (Å²) < 4.78 is 0. The highest BCUT2D eigenvalue weighted by Gasteiger charge is 2.36. The Morgan fingerprint density at radius 1 is 1.15 bits per heavy atom. The molecule has 4 amide bonds. The van der Waals surface area contributed by atoms with Crippen LogP contribution in [-0.2, 0) is 14.4 Å². The third-order valence-electron chi connectivity index (χ3n) is 2.83. The maximum absolute atomic E-state index is 11.5. The summed E-state index contributed by atoms with van der Waals surface area (Å²) in [7, 11) is 0. The summed E-state index contributed by atoms with van der Waals surface area (Å²) in [5, 5.41) is 12.5. The number of rotatable bonds is 7. The molecule has 1 heterocycles. The van der Waals surface area contributed by atoms with E-state index in [1.807, 2.05) is 10.6 Å². The number of aliphatic carboxylic acids is 1. The minimum Gasteiger partial charge on any atom is -0.481 e. The number of hydrogen-bond acceptors (Lipinski definition) is 5. The predicted molar refractivity (Wildman–Crippen MR) is 69.3 cm³/mol. The highest BCUT2D eigenvalue weighted by Crippen LogP contribution is 2.07. The zero-order valence-corrected chi connectivity index (χ0v) is 11.1. The van der Waals surface area contributed by atoms with E-state index >= 15 is 0 Å². The normalized spacial score (nSPS) is 16.9. The second-order valence-corrected chi connectivity index (χ2v) is 4.47. The Morgan fingerprint density at radius 3 is 2.30 bits per heavy atom. The zero-order chi connectivity index (χ0) is 15.1. The summed E-state index contributed by atoms with van der Waals surface area (Å²) in [6.45, 7) is 1.97. The first kappa shape index (κ1) is 15.8. The number of carbonyl (C=O) groups excluding carboxylic acids is 3. The van der Waals surface area contributed by atoms with Gasteiger partial charge in [0.05, 0.1) is 0 Å². The second kappa shape index (κ2) is 7.37. The molecule has 1 fully saturated rings. The van der Waals surface area contributed by atoms with Gasteiger partial charge in [-0.3, -0.25) is 30.0 Å². The van der Waals surface area contributed by atoms with Crippen molar-refractivity contribution in [2.24, 2.45) is 10.9 Å². The molecule has 0 aromatic rings. The van der Waals surface area contributed by atoms with Crippen LogP contribution in [0.3, 0.4) is 0 Å². The third-order valence-corrected chi connectivity index (χ3v) is 2.83. The molecule has 0 radical (unpaired) electrons. The number of carboxylic acid groups (broad SMARTS) is 1. The lowest BCUT2D eigenvalue weighted by atomic mass is 10.0. The standard InChI is InChI=1S/C12H17N3O5/c1-7(13-6-4-2-3-5-8(16)17)9-10(18)14-12(20)15-11(9)19/h9H,2-6H2,1H3,(H,16,17)(H2,14,15,18,19,20)/b13-7+.